The van der Waals surface area contributed by atoms with Crippen LogP contribution in [0.15, 0.2) is 18.3 Å². The first-order valence-electron chi connectivity index (χ1n) is 8.11. The second kappa shape index (κ2) is 5.93. The summed E-state index contributed by atoms with van der Waals surface area (Å²) >= 11 is 0. The SMILES string of the molecule is CC(C)c1ccc(N2CCC[C@]3(CN(C)CCO3)C2)cn1. The topological polar surface area (TPSA) is 28.6 Å². The summed E-state index contributed by atoms with van der Waals surface area (Å²) in [5.41, 5.74) is 2.41. The molecule has 2 aliphatic heterocycles. The normalized spacial score (nSPS) is 27.5. The van der Waals surface area contributed by atoms with Gasteiger partial charge in [-0.15, -0.1) is 0 Å². The Morgan fingerprint density at radius 1 is 1.24 bits per heavy atom. The molecule has 0 unspecified atom stereocenters. The van der Waals surface area contributed by atoms with Crippen LogP contribution in [0.3, 0.4) is 0 Å². The molecule has 116 valence electrons. The molecule has 1 aromatic rings. The van der Waals surface area contributed by atoms with Gasteiger partial charge < -0.3 is 14.5 Å². The molecule has 0 radical (unpaired) electrons. The molecular weight excluding hydrogens is 262 g/mol. The van der Waals surface area contributed by atoms with Crippen LogP contribution in [0.2, 0.25) is 0 Å². The second-order valence-electron chi connectivity index (χ2n) is 6.89. The molecular formula is C17H27N3O. The van der Waals surface area contributed by atoms with E-state index in [2.05, 4.69) is 47.8 Å². The van der Waals surface area contributed by atoms with E-state index in [1.165, 1.54) is 24.2 Å². The van der Waals surface area contributed by atoms with Gasteiger partial charge >= 0.3 is 0 Å². The second-order valence-corrected chi connectivity index (χ2v) is 6.89. The molecule has 2 aliphatic rings. The van der Waals surface area contributed by atoms with Crippen LogP contribution in [0.5, 0.6) is 0 Å². The molecule has 0 saturated carbocycles. The molecule has 0 bridgehead atoms. The first kappa shape index (κ1) is 14.8. The van der Waals surface area contributed by atoms with Crippen molar-refractivity contribution in [2.75, 3.05) is 44.7 Å². The van der Waals surface area contributed by atoms with Crippen molar-refractivity contribution in [3.8, 4) is 0 Å². The van der Waals surface area contributed by atoms with E-state index >= 15 is 0 Å². The highest BCUT2D eigenvalue weighted by molar-refractivity contribution is 5.46. The maximum absolute atomic E-state index is 6.19. The van der Waals surface area contributed by atoms with Crippen LogP contribution in [-0.4, -0.2) is 55.3 Å². The first-order chi connectivity index (χ1) is 10.1. The summed E-state index contributed by atoms with van der Waals surface area (Å²) in [5.74, 6) is 0.488. The number of morpholine rings is 1. The van der Waals surface area contributed by atoms with Crippen molar-refractivity contribution < 1.29 is 4.74 Å². The van der Waals surface area contributed by atoms with Crippen molar-refractivity contribution in [1.29, 1.82) is 0 Å². The lowest BCUT2D eigenvalue weighted by atomic mass is 9.90. The Morgan fingerprint density at radius 3 is 2.76 bits per heavy atom. The number of ether oxygens (including phenoxy) is 1. The quantitative estimate of drug-likeness (QED) is 0.836. The minimum atomic E-state index is 0.0158. The third-order valence-corrected chi connectivity index (χ3v) is 4.71. The number of likely N-dealkylation sites (N-methyl/N-ethyl adjacent to an activating group) is 1. The molecule has 21 heavy (non-hydrogen) atoms. The molecule has 0 N–H and O–H groups in total. The average Bonchev–Trinajstić information content (AvgIpc) is 2.47. The minimum Gasteiger partial charge on any atom is -0.370 e. The van der Waals surface area contributed by atoms with Crippen LogP contribution >= 0.6 is 0 Å². The van der Waals surface area contributed by atoms with Crippen LogP contribution in [-0.2, 0) is 4.74 Å². The van der Waals surface area contributed by atoms with E-state index in [0.717, 1.165) is 32.8 Å². The Kier molecular flexibility index (Phi) is 4.18. The van der Waals surface area contributed by atoms with E-state index in [1.54, 1.807) is 0 Å². The number of nitrogens with zero attached hydrogens (tertiary/aromatic N) is 3. The Bertz CT molecular complexity index is 469. The number of hydrogen-bond acceptors (Lipinski definition) is 4. The number of hydrogen-bond donors (Lipinski definition) is 0. The maximum atomic E-state index is 6.19. The van der Waals surface area contributed by atoms with Gasteiger partial charge in [-0.05, 0) is 37.9 Å². The van der Waals surface area contributed by atoms with E-state index < -0.39 is 0 Å². The third-order valence-electron chi connectivity index (χ3n) is 4.71. The van der Waals surface area contributed by atoms with Gasteiger partial charge in [0, 0.05) is 31.9 Å². The van der Waals surface area contributed by atoms with Gasteiger partial charge in [0.25, 0.3) is 0 Å². The zero-order valence-electron chi connectivity index (χ0n) is 13.5. The molecule has 0 amide bonds. The van der Waals surface area contributed by atoms with Gasteiger partial charge in [0.05, 0.1) is 24.1 Å². The van der Waals surface area contributed by atoms with E-state index in [1.807, 2.05) is 6.20 Å². The van der Waals surface area contributed by atoms with Gasteiger partial charge in [-0.1, -0.05) is 13.8 Å². The van der Waals surface area contributed by atoms with Crippen molar-refractivity contribution in [3.63, 3.8) is 0 Å². The van der Waals surface area contributed by atoms with E-state index in [-0.39, 0.29) is 5.60 Å². The number of piperidine rings is 1. The number of rotatable bonds is 2. The summed E-state index contributed by atoms with van der Waals surface area (Å²) in [6, 6.07) is 4.38. The predicted octanol–water partition coefficient (Wildman–Crippen LogP) is 2.51. The predicted molar refractivity (Wildman–Crippen MR) is 86.0 cm³/mol. The molecule has 1 spiro atoms. The molecule has 1 aromatic heterocycles. The van der Waals surface area contributed by atoms with Crippen molar-refractivity contribution in [2.45, 2.75) is 38.2 Å². The average molecular weight is 289 g/mol. The Labute approximate surface area is 128 Å². The highest BCUT2D eigenvalue weighted by Gasteiger charge is 2.39. The van der Waals surface area contributed by atoms with Crippen molar-refractivity contribution in [1.82, 2.24) is 9.88 Å². The van der Waals surface area contributed by atoms with Gasteiger partial charge in [-0.2, -0.15) is 0 Å². The fraction of sp³-hybridized carbons (Fsp3) is 0.706. The summed E-state index contributed by atoms with van der Waals surface area (Å²) in [6.07, 6.45) is 4.39. The van der Waals surface area contributed by atoms with Crippen LogP contribution in [0, 0.1) is 0 Å². The van der Waals surface area contributed by atoms with Gasteiger partial charge in [-0.3, -0.25) is 4.98 Å². The molecule has 4 heteroatoms. The maximum Gasteiger partial charge on any atom is 0.0983 e. The fourth-order valence-electron chi connectivity index (χ4n) is 3.53. The van der Waals surface area contributed by atoms with Gasteiger partial charge in [0.1, 0.15) is 0 Å². The van der Waals surface area contributed by atoms with Gasteiger partial charge in [0.15, 0.2) is 0 Å². The molecule has 1 atom stereocenters. The molecule has 2 fully saturated rings. The Morgan fingerprint density at radius 2 is 2.10 bits per heavy atom. The summed E-state index contributed by atoms with van der Waals surface area (Å²) in [4.78, 5) is 9.45. The fourth-order valence-corrected chi connectivity index (χ4v) is 3.53. The first-order valence-corrected chi connectivity index (χ1v) is 8.11. The third kappa shape index (κ3) is 3.22. The minimum absolute atomic E-state index is 0.0158. The van der Waals surface area contributed by atoms with E-state index in [4.69, 9.17) is 4.74 Å². The Hall–Kier alpha value is -1.13. The van der Waals surface area contributed by atoms with Crippen LogP contribution in [0.1, 0.15) is 38.3 Å². The zero-order valence-corrected chi connectivity index (χ0v) is 13.5. The monoisotopic (exact) mass is 289 g/mol. The molecule has 3 rings (SSSR count). The number of anilines is 1. The lowest BCUT2D eigenvalue weighted by Crippen LogP contribution is -2.59. The molecule has 0 aliphatic carbocycles. The van der Waals surface area contributed by atoms with Gasteiger partial charge in [0.2, 0.25) is 0 Å². The summed E-state index contributed by atoms with van der Waals surface area (Å²) in [6.45, 7) is 9.41. The molecule has 3 heterocycles. The van der Waals surface area contributed by atoms with Crippen molar-refractivity contribution >= 4 is 5.69 Å². The standard InChI is InChI=1S/C17H27N3O/c1-14(2)16-6-5-15(11-18-16)20-8-4-7-17(13-20)12-19(3)9-10-21-17/h5-6,11,14H,4,7-10,12-13H2,1-3H3/t17-/m0/s1. The van der Waals surface area contributed by atoms with Crippen LogP contribution in [0.4, 0.5) is 5.69 Å². The number of pyridine rings is 1. The Balaban J connectivity index is 1.73. The highest BCUT2D eigenvalue weighted by Crippen LogP contribution is 2.31. The largest absolute Gasteiger partial charge is 0.370 e. The van der Waals surface area contributed by atoms with Crippen molar-refractivity contribution in [2.24, 2.45) is 0 Å². The summed E-state index contributed by atoms with van der Waals surface area (Å²) in [7, 11) is 2.20. The lowest BCUT2D eigenvalue weighted by molar-refractivity contribution is -0.108. The van der Waals surface area contributed by atoms with Crippen LogP contribution < -0.4 is 4.90 Å². The molecule has 4 nitrogen and oxygen atoms in total. The zero-order chi connectivity index (χ0) is 14.9. The van der Waals surface area contributed by atoms with E-state index in [0.29, 0.717) is 5.92 Å². The number of aromatic nitrogens is 1. The lowest BCUT2D eigenvalue weighted by Gasteiger charge is -2.47. The summed E-state index contributed by atoms with van der Waals surface area (Å²) < 4.78 is 6.19. The smallest absolute Gasteiger partial charge is 0.0983 e. The van der Waals surface area contributed by atoms with Crippen molar-refractivity contribution in [3.05, 3.63) is 24.0 Å². The highest BCUT2D eigenvalue weighted by atomic mass is 16.5. The van der Waals surface area contributed by atoms with E-state index in [9.17, 15) is 0 Å². The van der Waals surface area contributed by atoms with Gasteiger partial charge in [-0.25, -0.2) is 0 Å². The molecule has 2 saturated heterocycles. The summed E-state index contributed by atoms with van der Waals surface area (Å²) in [5, 5.41) is 0. The molecule has 0 aromatic carbocycles. The van der Waals surface area contributed by atoms with Crippen LogP contribution in [0.25, 0.3) is 0 Å².